The van der Waals surface area contributed by atoms with E-state index in [1.54, 1.807) is 0 Å². The van der Waals surface area contributed by atoms with Gasteiger partial charge in [-0.2, -0.15) is 0 Å². The van der Waals surface area contributed by atoms with Gasteiger partial charge < -0.3 is 10.1 Å². The molecule has 1 saturated carbocycles. The Kier molecular flexibility index (Phi) is 4.98. The molecular formula is C16H24ClNO. The van der Waals surface area contributed by atoms with E-state index in [0.29, 0.717) is 17.7 Å². The minimum Gasteiger partial charge on any atom is -0.492 e. The molecule has 1 fully saturated rings. The number of halogens is 1. The first-order valence-corrected chi connectivity index (χ1v) is 7.66. The first-order valence-electron chi connectivity index (χ1n) is 7.29. The normalized spacial score (nSPS) is 22.2. The first-order chi connectivity index (χ1) is 9.10. The van der Waals surface area contributed by atoms with Gasteiger partial charge in [-0.3, -0.25) is 0 Å². The van der Waals surface area contributed by atoms with Crippen LogP contribution in [-0.4, -0.2) is 12.6 Å². The zero-order chi connectivity index (χ0) is 13.8. The molecule has 1 aliphatic carbocycles. The highest BCUT2D eigenvalue weighted by Gasteiger charge is 2.30. The van der Waals surface area contributed by atoms with E-state index in [1.807, 2.05) is 12.1 Å². The number of hydrogen-bond acceptors (Lipinski definition) is 2. The molecular weight excluding hydrogens is 258 g/mol. The fourth-order valence-corrected chi connectivity index (χ4v) is 2.71. The van der Waals surface area contributed by atoms with Crippen molar-refractivity contribution >= 4 is 17.3 Å². The van der Waals surface area contributed by atoms with Crippen molar-refractivity contribution in [1.29, 1.82) is 0 Å². The summed E-state index contributed by atoms with van der Waals surface area (Å²) in [5.74, 6) is 2.45. The quantitative estimate of drug-likeness (QED) is 0.794. The standard InChI is InChI=1S/C16H24ClNO/c1-4-7-19-16-6-5-13(10-15(16)17)18-14-8-12(9-14)11(2)3/h5-6,10-12,14,18H,4,7-9H2,1-3H3. The van der Waals surface area contributed by atoms with E-state index in [1.165, 1.54) is 12.8 Å². The summed E-state index contributed by atoms with van der Waals surface area (Å²) in [5, 5.41) is 4.24. The van der Waals surface area contributed by atoms with Crippen molar-refractivity contribution in [2.24, 2.45) is 11.8 Å². The Morgan fingerprint density at radius 3 is 2.68 bits per heavy atom. The van der Waals surface area contributed by atoms with Gasteiger partial charge in [0.1, 0.15) is 5.75 Å². The van der Waals surface area contributed by atoms with E-state index in [-0.39, 0.29) is 0 Å². The molecule has 1 aliphatic rings. The van der Waals surface area contributed by atoms with E-state index in [4.69, 9.17) is 16.3 Å². The Morgan fingerprint density at radius 2 is 2.11 bits per heavy atom. The Labute approximate surface area is 121 Å². The van der Waals surface area contributed by atoms with E-state index >= 15 is 0 Å². The Bertz CT molecular complexity index is 413. The first kappa shape index (κ1) is 14.5. The maximum Gasteiger partial charge on any atom is 0.138 e. The van der Waals surface area contributed by atoms with Gasteiger partial charge in [-0.25, -0.2) is 0 Å². The number of benzene rings is 1. The second kappa shape index (κ2) is 6.51. The zero-order valence-electron chi connectivity index (χ0n) is 12.1. The fraction of sp³-hybridized carbons (Fsp3) is 0.625. The lowest BCUT2D eigenvalue weighted by molar-refractivity contribution is 0.212. The maximum absolute atomic E-state index is 6.22. The molecule has 0 aromatic heterocycles. The largest absolute Gasteiger partial charge is 0.492 e. The van der Waals surface area contributed by atoms with Crippen molar-refractivity contribution in [2.45, 2.75) is 46.1 Å². The topological polar surface area (TPSA) is 21.3 Å². The van der Waals surface area contributed by atoms with Crippen LogP contribution in [0.2, 0.25) is 5.02 Å². The second-order valence-corrected chi connectivity index (χ2v) is 6.22. The molecule has 1 aromatic carbocycles. The van der Waals surface area contributed by atoms with Gasteiger partial charge in [0.05, 0.1) is 11.6 Å². The third kappa shape index (κ3) is 3.79. The second-order valence-electron chi connectivity index (χ2n) is 5.81. The molecule has 0 spiro atoms. The van der Waals surface area contributed by atoms with Gasteiger partial charge in [-0.05, 0) is 49.3 Å². The lowest BCUT2D eigenvalue weighted by Crippen LogP contribution is -2.37. The van der Waals surface area contributed by atoms with Crippen molar-refractivity contribution in [3.8, 4) is 5.75 Å². The van der Waals surface area contributed by atoms with Crippen LogP contribution >= 0.6 is 11.6 Å². The van der Waals surface area contributed by atoms with E-state index < -0.39 is 0 Å². The van der Waals surface area contributed by atoms with Crippen molar-refractivity contribution in [1.82, 2.24) is 0 Å². The number of anilines is 1. The molecule has 0 saturated heterocycles. The van der Waals surface area contributed by atoms with Crippen LogP contribution in [0.4, 0.5) is 5.69 Å². The smallest absolute Gasteiger partial charge is 0.138 e. The van der Waals surface area contributed by atoms with Crippen LogP contribution in [0.3, 0.4) is 0 Å². The van der Waals surface area contributed by atoms with Crippen molar-refractivity contribution in [3.05, 3.63) is 23.2 Å². The highest BCUT2D eigenvalue weighted by Crippen LogP contribution is 2.36. The monoisotopic (exact) mass is 281 g/mol. The van der Waals surface area contributed by atoms with Gasteiger partial charge in [-0.15, -0.1) is 0 Å². The van der Waals surface area contributed by atoms with Crippen molar-refractivity contribution < 1.29 is 4.74 Å². The molecule has 1 N–H and O–H groups in total. The van der Waals surface area contributed by atoms with Gasteiger partial charge in [0.2, 0.25) is 0 Å². The highest BCUT2D eigenvalue weighted by atomic mass is 35.5. The Morgan fingerprint density at radius 1 is 1.37 bits per heavy atom. The fourth-order valence-electron chi connectivity index (χ4n) is 2.48. The lowest BCUT2D eigenvalue weighted by Gasteiger charge is -2.39. The summed E-state index contributed by atoms with van der Waals surface area (Å²) in [6.45, 7) is 7.41. The minimum absolute atomic E-state index is 0.603. The molecule has 2 rings (SSSR count). The van der Waals surface area contributed by atoms with Crippen LogP contribution in [0.25, 0.3) is 0 Å². The minimum atomic E-state index is 0.603. The number of ether oxygens (including phenoxy) is 1. The van der Waals surface area contributed by atoms with Crippen LogP contribution in [0, 0.1) is 11.8 Å². The summed E-state index contributed by atoms with van der Waals surface area (Å²) in [6, 6.07) is 6.58. The molecule has 0 atom stereocenters. The zero-order valence-corrected chi connectivity index (χ0v) is 12.8. The molecule has 0 bridgehead atoms. The van der Waals surface area contributed by atoms with Crippen LogP contribution < -0.4 is 10.1 Å². The molecule has 19 heavy (non-hydrogen) atoms. The molecule has 2 nitrogen and oxygen atoms in total. The third-order valence-electron chi connectivity index (χ3n) is 3.88. The van der Waals surface area contributed by atoms with Gasteiger partial charge in [0.25, 0.3) is 0 Å². The highest BCUT2D eigenvalue weighted by molar-refractivity contribution is 6.32. The average Bonchev–Trinajstić information content (AvgIpc) is 2.31. The van der Waals surface area contributed by atoms with E-state index in [2.05, 4.69) is 32.2 Å². The van der Waals surface area contributed by atoms with Crippen LogP contribution in [0.1, 0.15) is 40.0 Å². The summed E-state index contributed by atoms with van der Waals surface area (Å²) in [4.78, 5) is 0. The van der Waals surface area contributed by atoms with Gasteiger partial charge >= 0.3 is 0 Å². The molecule has 1 aromatic rings. The number of nitrogens with one attached hydrogen (secondary N) is 1. The maximum atomic E-state index is 6.22. The van der Waals surface area contributed by atoms with Crippen molar-refractivity contribution in [2.75, 3.05) is 11.9 Å². The van der Waals surface area contributed by atoms with Crippen LogP contribution in [0.5, 0.6) is 5.75 Å². The summed E-state index contributed by atoms with van der Waals surface area (Å²) >= 11 is 6.22. The SMILES string of the molecule is CCCOc1ccc(NC2CC(C(C)C)C2)cc1Cl. The summed E-state index contributed by atoms with van der Waals surface area (Å²) in [5.41, 5.74) is 1.10. The molecule has 3 heteroatoms. The molecule has 0 unspecified atom stereocenters. The number of rotatable bonds is 6. The molecule has 0 radical (unpaired) electrons. The average molecular weight is 282 g/mol. The van der Waals surface area contributed by atoms with E-state index in [9.17, 15) is 0 Å². The molecule has 106 valence electrons. The van der Waals surface area contributed by atoms with Gasteiger partial charge in [-0.1, -0.05) is 32.4 Å². The predicted octanol–water partition coefficient (Wildman–Crippen LogP) is 4.98. The van der Waals surface area contributed by atoms with Crippen molar-refractivity contribution in [3.63, 3.8) is 0 Å². The molecule has 0 heterocycles. The van der Waals surface area contributed by atoms with Gasteiger partial charge in [0, 0.05) is 11.7 Å². The third-order valence-corrected chi connectivity index (χ3v) is 4.18. The predicted molar refractivity (Wildman–Crippen MR) is 82.2 cm³/mol. The Balaban J connectivity index is 1.87. The molecule has 0 amide bonds. The lowest BCUT2D eigenvalue weighted by atomic mass is 9.73. The van der Waals surface area contributed by atoms with Crippen LogP contribution in [-0.2, 0) is 0 Å². The van der Waals surface area contributed by atoms with Crippen LogP contribution in [0.15, 0.2) is 18.2 Å². The Hall–Kier alpha value is -0.890. The summed E-state index contributed by atoms with van der Waals surface area (Å²) in [7, 11) is 0. The summed E-state index contributed by atoms with van der Waals surface area (Å²) in [6.07, 6.45) is 3.53. The number of hydrogen-bond donors (Lipinski definition) is 1. The van der Waals surface area contributed by atoms with Gasteiger partial charge in [0.15, 0.2) is 0 Å². The molecule has 0 aliphatic heterocycles. The van der Waals surface area contributed by atoms with E-state index in [0.717, 1.165) is 29.7 Å². The summed E-state index contributed by atoms with van der Waals surface area (Å²) < 4.78 is 5.58.